The molecule has 0 bridgehead atoms. The molecule has 0 amide bonds. The third kappa shape index (κ3) is 3.73. The van der Waals surface area contributed by atoms with Gasteiger partial charge in [-0.25, -0.2) is 0 Å². The maximum absolute atomic E-state index is 10.2. The maximum Gasteiger partial charge on any atom is 0.186 e. The average molecular weight is 251 g/mol. The van der Waals surface area contributed by atoms with Crippen LogP contribution in [0.25, 0.3) is 0 Å². The van der Waals surface area contributed by atoms with Crippen LogP contribution < -0.4 is 0 Å². The Kier molecular flexibility index (Phi) is 4.79. The fourth-order valence-electron chi connectivity index (χ4n) is 1.58. The first-order valence-electron chi connectivity index (χ1n) is 6.07. The molecule has 5 heteroatoms. The van der Waals surface area contributed by atoms with Crippen molar-refractivity contribution in [2.45, 2.75) is 39.0 Å². The van der Waals surface area contributed by atoms with E-state index in [2.05, 4.69) is 25.6 Å². The third-order valence-electron chi connectivity index (χ3n) is 3.25. The Labute approximate surface area is 109 Å². The summed E-state index contributed by atoms with van der Waals surface area (Å²) in [4.78, 5) is 2.06. The summed E-state index contributed by atoms with van der Waals surface area (Å²) in [5.41, 5.74) is 1.12. The molecule has 1 unspecified atom stereocenters. The van der Waals surface area contributed by atoms with E-state index in [9.17, 15) is 10.2 Å². The van der Waals surface area contributed by atoms with Crippen LogP contribution in [0.2, 0.25) is 0 Å². The van der Waals surface area contributed by atoms with Gasteiger partial charge in [-0.05, 0) is 38.5 Å². The first-order valence-corrected chi connectivity index (χ1v) is 6.07. The second-order valence-corrected chi connectivity index (χ2v) is 5.61. The predicted molar refractivity (Wildman–Crippen MR) is 74.0 cm³/mol. The van der Waals surface area contributed by atoms with E-state index in [0.717, 1.165) is 0 Å². The van der Waals surface area contributed by atoms with E-state index < -0.39 is 6.10 Å². The highest BCUT2D eigenvalue weighted by Gasteiger charge is 2.20. The van der Waals surface area contributed by atoms with Crippen LogP contribution >= 0.6 is 0 Å². The van der Waals surface area contributed by atoms with Crippen molar-refractivity contribution in [1.29, 1.82) is 0 Å². The second kappa shape index (κ2) is 5.74. The molecule has 4 nitrogen and oxygen atoms in total. The van der Waals surface area contributed by atoms with Crippen LogP contribution in [0.5, 0.6) is 5.75 Å². The number of aliphatic hydroxyl groups is 2. The van der Waals surface area contributed by atoms with Crippen molar-refractivity contribution in [2.75, 3.05) is 6.54 Å². The van der Waals surface area contributed by atoms with Gasteiger partial charge in [-0.15, -0.1) is 0 Å². The molecular weight excluding hydrogens is 229 g/mol. The van der Waals surface area contributed by atoms with Crippen molar-refractivity contribution in [1.82, 2.24) is 4.81 Å². The van der Waals surface area contributed by atoms with Crippen LogP contribution in [-0.2, 0) is 6.61 Å². The standard InChI is InChI=1S/C13H22BNO3/c1-13(2,3)15(14)7-12(18)9-4-5-11(17)10(6-9)8-16/h4-6,12,16-18H,7-8,14H2,1-3H3. The Morgan fingerprint density at radius 1 is 1.33 bits per heavy atom. The van der Waals surface area contributed by atoms with Gasteiger partial charge in [0, 0.05) is 17.6 Å². The molecule has 18 heavy (non-hydrogen) atoms. The molecule has 0 fully saturated rings. The molecule has 0 radical (unpaired) electrons. The van der Waals surface area contributed by atoms with Crippen LogP contribution in [0.1, 0.15) is 38.0 Å². The minimum absolute atomic E-state index is 0.0162. The Bertz CT molecular complexity index is 404. The van der Waals surface area contributed by atoms with Crippen LogP contribution in [0.15, 0.2) is 18.2 Å². The minimum atomic E-state index is -0.639. The summed E-state index contributed by atoms with van der Waals surface area (Å²) in [6.07, 6.45) is -0.639. The molecule has 1 rings (SSSR count). The van der Waals surface area contributed by atoms with Gasteiger partial charge >= 0.3 is 0 Å². The monoisotopic (exact) mass is 251 g/mol. The molecule has 0 heterocycles. The zero-order valence-corrected chi connectivity index (χ0v) is 11.5. The number of phenols is 1. The van der Waals surface area contributed by atoms with E-state index >= 15 is 0 Å². The molecule has 3 N–H and O–H groups in total. The summed E-state index contributed by atoms with van der Waals surface area (Å²) in [5, 5.41) is 28.7. The molecule has 1 aromatic rings. The van der Waals surface area contributed by atoms with E-state index in [1.807, 2.05) is 7.98 Å². The Morgan fingerprint density at radius 3 is 2.44 bits per heavy atom. The number of rotatable bonds is 4. The molecular formula is C13H22BNO3. The van der Waals surface area contributed by atoms with Gasteiger partial charge in [-0.2, -0.15) is 0 Å². The normalized spacial score (nSPS) is 13.9. The average Bonchev–Trinajstić information content (AvgIpc) is 2.28. The zero-order chi connectivity index (χ0) is 13.9. The van der Waals surface area contributed by atoms with Crippen LogP contribution in [0.4, 0.5) is 0 Å². The largest absolute Gasteiger partial charge is 0.508 e. The number of aliphatic hydroxyl groups excluding tert-OH is 2. The van der Waals surface area contributed by atoms with Crippen molar-refractivity contribution in [3.63, 3.8) is 0 Å². The molecule has 0 aliphatic rings. The number of hydrogen-bond acceptors (Lipinski definition) is 4. The van der Waals surface area contributed by atoms with Gasteiger partial charge in [0.2, 0.25) is 0 Å². The van der Waals surface area contributed by atoms with E-state index in [4.69, 9.17) is 5.11 Å². The molecule has 0 aliphatic carbocycles. The van der Waals surface area contributed by atoms with Gasteiger partial charge < -0.3 is 20.1 Å². The molecule has 0 saturated heterocycles. The molecule has 0 spiro atoms. The maximum atomic E-state index is 10.2. The molecule has 100 valence electrons. The smallest absolute Gasteiger partial charge is 0.186 e. The highest BCUT2D eigenvalue weighted by molar-refractivity contribution is 6.04. The number of β-amino-alcohol motifs (C(OH)–C–C–N with tert-alkyl or cyclic N) is 1. The van der Waals surface area contributed by atoms with E-state index in [1.54, 1.807) is 12.1 Å². The Morgan fingerprint density at radius 2 is 1.94 bits per heavy atom. The highest BCUT2D eigenvalue weighted by atomic mass is 16.3. The number of nitrogens with zero attached hydrogens (tertiary/aromatic N) is 1. The van der Waals surface area contributed by atoms with Gasteiger partial charge in [-0.3, -0.25) is 0 Å². The summed E-state index contributed by atoms with van der Waals surface area (Å²) >= 11 is 0. The first-order chi connectivity index (χ1) is 8.25. The molecule has 0 aliphatic heterocycles. The van der Waals surface area contributed by atoms with E-state index in [-0.39, 0.29) is 17.9 Å². The van der Waals surface area contributed by atoms with Crippen molar-refractivity contribution >= 4 is 7.98 Å². The molecule has 0 saturated carbocycles. The van der Waals surface area contributed by atoms with Crippen LogP contribution in [-0.4, -0.2) is 40.2 Å². The quantitative estimate of drug-likeness (QED) is 0.684. The summed E-state index contributed by atoms with van der Waals surface area (Å²) in [5.74, 6) is 0.0534. The fourth-order valence-corrected chi connectivity index (χ4v) is 1.58. The minimum Gasteiger partial charge on any atom is -0.508 e. The topological polar surface area (TPSA) is 63.9 Å². The predicted octanol–water partition coefficient (Wildman–Crippen LogP) is 0.567. The Balaban J connectivity index is 2.81. The Hall–Kier alpha value is -1.04. The second-order valence-electron chi connectivity index (χ2n) is 5.61. The zero-order valence-electron chi connectivity index (χ0n) is 11.5. The highest BCUT2D eigenvalue weighted by Crippen LogP contribution is 2.24. The lowest BCUT2D eigenvalue weighted by Gasteiger charge is -2.34. The lowest BCUT2D eigenvalue weighted by Crippen LogP contribution is -2.41. The molecule has 1 atom stereocenters. The lowest BCUT2D eigenvalue weighted by molar-refractivity contribution is 0.117. The van der Waals surface area contributed by atoms with Crippen molar-refractivity contribution in [3.05, 3.63) is 29.3 Å². The fraction of sp³-hybridized carbons (Fsp3) is 0.538. The molecule has 1 aromatic carbocycles. The van der Waals surface area contributed by atoms with Crippen LogP contribution in [0, 0.1) is 0 Å². The summed E-state index contributed by atoms with van der Waals surface area (Å²) in [6, 6.07) is 4.81. The van der Waals surface area contributed by atoms with Crippen LogP contribution in [0.3, 0.4) is 0 Å². The van der Waals surface area contributed by atoms with E-state index in [1.165, 1.54) is 6.07 Å². The SMILES string of the molecule is BN(CC(O)c1ccc(O)c(CO)c1)C(C)(C)C. The van der Waals surface area contributed by atoms with Gasteiger partial charge in [-0.1, -0.05) is 6.07 Å². The summed E-state index contributed by atoms with van der Waals surface area (Å²) in [7, 11) is 1.95. The van der Waals surface area contributed by atoms with Crippen molar-refractivity contribution in [2.24, 2.45) is 0 Å². The summed E-state index contributed by atoms with van der Waals surface area (Å²) < 4.78 is 0. The van der Waals surface area contributed by atoms with Gasteiger partial charge in [0.1, 0.15) is 5.75 Å². The lowest BCUT2D eigenvalue weighted by atomic mass is 9.98. The van der Waals surface area contributed by atoms with Gasteiger partial charge in [0.15, 0.2) is 7.98 Å². The van der Waals surface area contributed by atoms with Gasteiger partial charge in [0.05, 0.1) is 12.7 Å². The van der Waals surface area contributed by atoms with Gasteiger partial charge in [0.25, 0.3) is 0 Å². The van der Waals surface area contributed by atoms with E-state index in [0.29, 0.717) is 17.7 Å². The summed E-state index contributed by atoms with van der Waals surface area (Å²) in [6.45, 7) is 6.50. The molecule has 0 aromatic heterocycles. The number of hydrogen-bond donors (Lipinski definition) is 3. The number of aromatic hydroxyl groups is 1. The van der Waals surface area contributed by atoms with Crippen molar-refractivity contribution < 1.29 is 15.3 Å². The first kappa shape index (κ1) is 15.0. The van der Waals surface area contributed by atoms with Crippen molar-refractivity contribution in [3.8, 4) is 5.75 Å². The number of benzene rings is 1. The third-order valence-corrected chi connectivity index (χ3v) is 3.25.